The predicted octanol–water partition coefficient (Wildman–Crippen LogP) is 1.74. The average Bonchev–Trinajstić information content (AvgIpc) is 1.67. The van der Waals surface area contributed by atoms with Gasteiger partial charge in [-0.3, -0.25) is 0 Å². The van der Waals surface area contributed by atoms with Gasteiger partial charge in [-0.15, -0.1) is 11.6 Å². The Hall–Kier alpha value is 0.507. The maximum atomic E-state index is 6.02. The monoisotopic (exact) mass is 166 g/mol. The van der Waals surface area contributed by atoms with E-state index in [4.69, 9.17) is 11.6 Å². The van der Waals surface area contributed by atoms with Gasteiger partial charge in [0.2, 0.25) is 0 Å². The number of hydrogen-bond acceptors (Lipinski definition) is 0. The Labute approximate surface area is 68.0 Å². The van der Waals surface area contributed by atoms with Gasteiger partial charge >= 0.3 is 0 Å². The van der Waals surface area contributed by atoms with Crippen LogP contribution in [-0.2, 0) is 0 Å². The first-order valence-electron chi connectivity index (χ1n) is 3.31. The Balaban J connectivity index is 0. The standard InChI is InChI=1S/C7H15Cl.H4Si/c1-4-6-7(3,8)5-2;/h4-6H2,1-3H3;1H4. The van der Waals surface area contributed by atoms with Crippen molar-refractivity contribution in [2.75, 3.05) is 0 Å². The summed E-state index contributed by atoms with van der Waals surface area (Å²) in [5, 5.41) is 0. The highest BCUT2D eigenvalue weighted by atomic mass is 35.5. The second kappa shape index (κ2) is 5.30. The summed E-state index contributed by atoms with van der Waals surface area (Å²) < 4.78 is 0. The van der Waals surface area contributed by atoms with E-state index in [1.165, 1.54) is 6.42 Å². The van der Waals surface area contributed by atoms with Crippen molar-refractivity contribution in [1.82, 2.24) is 0 Å². The zero-order chi connectivity index (χ0) is 6.62. The van der Waals surface area contributed by atoms with E-state index in [0.717, 1.165) is 12.8 Å². The summed E-state index contributed by atoms with van der Waals surface area (Å²) in [5.41, 5.74) is 0. The molecule has 0 spiro atoms. The maximum Gasteiger partial charge on any atom is 0.0416 e. The van der Waals surface area contributed by atoms with Crippen LogP contribution >= 0.6 is 11.6 Å². The minimum atomic E-state index is 0. The Kier molecular flexibility index (Phi) is 7.19. The molecule has 0 N–H and O–H groups in total. The fraction of sp³-hybridized carbons (Fsp3) is 1.00. The molecule has 0 aromatic rings. The molecule has 0 saturated heterocycles. The first kappa shape index (κ1) is 12.2. The van der Waals surface area contributed by atoms with Crippen molar-refractivity contribution >= 4 is 22.6 Å². The van der Waals surface area contributed by atoms with Crippen LogP contribution in [0.2, 0.25) is 0 Å². The number of hydrogen-bond donors (Lipinski definition) is 0. The maximum absolute atomic E-state index is 6.02. The molecule has 0 amide bonds. The van der Waals surface area contributed by atoms with Crippen LogP contribution in [-0.4, -0.2) is 15.8 Å². The quantitative estimate of drug-likeness (QED) is 0.443. The summed E-state index contributed by atoms with van der Waals surface area (Å²) in [7, 11) is 0. The van der Waals surface area contributed by atoms with Crippen molar-refractivity contribution < 1.29 is 0 Å². The minimum absolute atomic E-state index is 0. The third kappa shape index (κ3) is 6.39. The lowest BCUT2D eigenvalue weighted by Crippen LogP contribution is -2.13. The molecule has 0 rings (SSSR count). The van der Waals surface area contributed by atoms with Gasteiger partial charge in [0.05, 0.1) is 0 Å². The summed E-state index contributed by atoms with van der Waals surface area (Å²) in [5.74, 6) is 0. The molecule has 0 radical (unpaired) electrons. The molecule has 0 heterocycles. The van der Waals surface area contributed by atoms with Gasteiger partial charge in [-0.05, 0) is 30.7 Å². The van der Waals surface area contributed by atoms with Crippen LogP contribution in [0, 0.1) is 0 Å². The van der Waals surface area contributed by atoms with E-state index in [2.05, 4.69) is 20.8 Å². The van der Waals surface area contributed by atoms with Crippen LogP contribution in [0.25, 0.3) is 0 Å². The van der Waals surface area contributed by atoms with E-state index in [1.54, 1.807) is 0 Å². The van der Waals surface area contributed by atoms with E-state index in [1.807, 2.05) is 0 Å². The number of alkyl halides is 1. The third-order valence-corrected chi connectivity index (χ3v) is 1.96. The minimum Gasteiger partial charge on any atom is -0.120 e. The molecule has 0 nitrogen and oxygen atoms in total. The molecule has 58 valence electrons. The summed E-state index contributed by atoms with van der Waals surface area (Å²) in [6.45, 7) is 6.39. The van der Waals surface area contributed by atoms with E-state index < -0.39 is 0 Å². The molecule has 0 aromatic carbocycles. The number of rotatable bonds is 3. The Morgan fingerprint density at radius 2 is 1.78 bits per heavy atom. The Bertz CT molecular complexity index is 61.9. The molecule has 1 unspecified atom stereocenters. The van der Waals surface area contributed by atoms with Crippen LogP contribution in [0.1, 0.15) is 40.0 Å². The van der Waals surface area contributed by atoms with E-state index in [0.29, 0.717) is 0 Å². The van der Waals surface area contributed by atoms with Gasteiger partial charge in [0.15, 0.2) is 0 Å². The zero-order valence-electron chi connectivity index (χ0n) is 6.00. The largest absolute Gasteiger partial charge is 0.120 e. The van der Waals surface area contributed by atoms with Crippen molar-refractivity contribution in [3.63, 3.8) is 0 Å². The molecule has 0 aromatic heterocycles. The van der Waals surface area contributed by atoms with E-state index >= 15 is 0 Å². The zero-order valence-corrected chi connectivity index (χ0v) is 6.76. The number of halogens is 1. The average molecular weight is 167 g/mol. The van der Waals surface area contributed by atoms with Crippen LogP contribution in [0.3, 0.4) is 0 Å². The molecule has 0 aliphatic heterocycles. The van der Waals surface area contributed by atoms with Crippen LogP contribution < -0.4 is 0 Å². The predicted molar refractivity (Wildman–Crippen MR) is 50.8 cm³/mol. The smallest absolute Gasteiger partial charge is 0.0416 e. The van der Waals surface area contributed by atoms with Crippen LogP contribution in [0.4, 0.5) is 0 Å². The van der Waals surface area contributed by atoms with Crippen molar-refractivity contribution in [1.29, 1.82) is 0 Å². The molecular weight excluding hydrogens is 148 g/mol. The Morgan fingerprint density at radius 3 is 1.89 bits per heavy atom. The van der Waals surface area contributed by atoms with Crippen LogP contribution in [0.5, 0.6) is 0 Å². The third-order valence-electron chi connectivity index (χ3n) is 1.51. The fourth-order valence-corrected chi connectivity index (χ4v) is 0.887. The SMILES string of the molecule is CCCC(C)(Cl)CC.[SiH4]. The van der Waals surface area contributed by atoms with Crippen LogP contribution in [0.15, 0.2) is 0 Å². The van der Waals surface area contributed by atoms with Gasteiger partial charge in [-0.25, -0.2) is 0 Å². The second-order valence-electron chi connectivity index (χ2n) is 2.52. The van der Waals surface area contributed by atoms with Crippen molar-refractivity contribution in [2.45, 2.75) is 44.9 Å². The van der Waals surface area contributed by atoms with Gasteiger partial charge < -0.3 is 0 Å². The summed E-state index contributed by atoms with van der Waals surface area (Å²) in [6.07, 6.45) is 3.39. The van der Waals surface area contributed by atoms with Crippen molar-refractivity contribution in [3.8, 4) is 0 Å². The summed E-state index contributed by atoms with van der Waals surface area (Å²) in [4.78, 5) is 0.0642. The van der Waals surface area contributed by atoms with Crippen molar-refractivity contribution in [2.24, 2.45) is 0 Å². The van der Waals surface area contributed by atoms with E-state index in [-0.39, 0.29) is 15.8 Å². The molecule has 2 heteroatoms. The highest BCUT2D eigenvalue weighted by Gasteiger charge is 2.15. The lowest BCUT2D eigenvalue weighted by molar-refractivity contribution is 0.548. The molecule has 0 fully saturated rings. The van der Waals surface area contributed by atoms with Gasteiger partial charge in [0.25, 0.3) is 0 Å². The molecule has 0 bridgehead atoms. The fourth-order valence-electron chi connectivity index (χ4n) is 0.698. The molecule has 1 atom stereocenters. The normalized spacial score (nSPS) is 16.0. The molecule has 0 aliphatic carbocycles. The first-order chi connectivity index (χ1) is 3.62. The highest BCUT2D eigenvalue weighted by Crippen LogP contribution is 2.23. The van der Waals surface area contributed by atoms with E-state index in [9.17, 15) is 0 Å². The lowest BCUT2D eigenvalue weighted by atomic mass is 10.0. The first-order valence-corrected chi connectivity index (χ1v) is 3.69. The summed E-state index contributed by atoms with van der Waals surface area (Å²) >= 11 is 6.02. The molecular formula is C7H19ClSi. The lowest BCUT2D eigenvalue weighted by Gasteiger charge is -2.17. The van der Waals surface area contributed by atoms with Gasteiger partial charge in [-0.2, -0.15) is 0 Å². The summed E-state index contributed by atoms with van der Waals surface area (Å²) in [6, 6.07) is 0. The van der Waals surface area contributed by atoms with Crippen molar-refractivity contribution in [3.05, 3.63) is 0 Å². The van der Waals surface area contributed by atoms with Gasteiger partial charge in [-0.1, -0.05) is 20.3 Å². The van der Waals surface area contributed by atoms with Gasteiger partial charge in [0.1, 0.15) is 0 Å². The Morgan fingerprint density at radius 1 is 1.33 bits per heavy atom. The van der Waals surface area contributed by atoms with Gasteiger partial charge in [0, 0.05) is 4.87 Å². The molecule has 0 saturated carbocycles. The topological polar surface area (TPSA) is 0 Å². The highest BCUT2D eigenvalue weighted by molar-refractivity contribution is 6.23. The molecule has 9 heavy (non-hydrogen) atoms. The second-order valence-corrected chi connectivity index (χ2v) is 3.43. The molecule has 0 aliphatic rings.